The second-order valence-electron chi connectivity index (χ2n) is 4.27. The Morgan fingerprint density at radius 1 is 1.11 bits per heavy atom. The van der Waals surface area contributed by atoms with Crippen LogP contribution < -0.4 is 0 Å². The van der Waals surface area contributed by atoms with Gasteiger partial charge < -0.3 is 0 Å². The first-order chi connectivity index (χ1) is 8.52. The average molecular weight is 263 g/mol. The summed E-state index contributed by atoms with van der Waals surface area (Å²) in [6, 6.07) is 8.34. The standard InChI is InChI=1S/C15H12ClFO/c1-9-6-14(16)10(2)5-13(9)11-3-4-15(17)12(7-11)8-18/h3-8H,1-2H3. The molecule has 1 nitrogen and oxygen atoms in total. The number of rotatable bonds is 2. The molecule has 0 amide bonds. The van der Waals surface area contributed by atoms with Gasteiger partial charge in [-0.25, -0.2) is 4.39 Å². The van der Waals surface area contributed by atoms with Crippen molar-refractivity contribution in [1.82, 2.24) is 0 Å². The minimum Gasteiger partial charge on any atom is -0.298 e. The molecule has 92 valence electrons. The van der Waals surface area contributed by atoms with E-state index in [1.165, 1.54) is 6.07 Å². The highest BCUT2D eigenvalue weighted by Crippen LogP contribution is 2.29. The highest BCUT2D eigenvalue weighted by atomic mass is 35.5. The summed E-state index contributed by atoms with van der Waals surface area (Å²) in [7, 11) is 0. The molecule has 0 aliphatic heterocycles. The molecule has 0 fully saturated rings. The summed E-state index contributed by atoms with van der Waals surface area (Å²) >= 11 is 6.04. The molecule has 2 aromatic carbocycles. The molecule has 0 saturated heterocycles. The molecule has 2 aromatic rings. The summed E-state index contributed by atoms with van der Waals surface area (Å²) in [5.41, 5.74) is 3.79. The van der Waals surface area contributed by atoms with Gasteiger partial charge in [-0.15, -0.1) is 0 Å². The van der Waals surface area contributed by atoms with E-state index in [9.17, 15) is 9.18 Å². The Morgan fingerprint density at radius 3 is 2.50 bits per heavy atom. The van der Waals surface area contributed by atoms with E-state index >= 15 is 0 Å². The molecular weight excluding hydrogens is 251 g/mol. The van der Waals surface area contributed by atoms with Gasteiger partial charge >= 0.3 is 0 Å². The van der Waals surface area contributed by atoms with Crippen LogP contribution in [0.2, 0.25) is 5.02 Å². The molecule has 0 unspecified atom stereocenters. The second-order valence-corrected chi connectivity index (χ2v) is 4.68. The van der Waals surface area contributed by atoms with E-state index in [0.717, 1.165) is 22.3 Å². The molecule has 0 aliphatic carbocycles. The highest BCUT2D eigenvalue weighted by Gasteiger charge is 2.08. The topological polar surface area (TPSA) is 17.1 Å². The lowest BCUT2D eigenvalue weighted by molar-refractivity contribution is 0.112. The first kappa shape index (κ1) is 12.8. The van der Waals surface area contributed by atoms with Gasteiger partial charge in [-0.1, -0.05) is 17.7 Å². The number of hydrogen-bond donors (Lipinski definition) is 0. The third-order valence-electron chi connectivity index (χ3n) is 2.94. The number of carbonyl (C=O) groups excluding carboxylic acids is 1. The van der Waals surface area contributed by atoms with Crippen molar-refractivity contribution in [2.45, 2.75) is 13.8 Å². The molecule has 0 atom stereocenters. The first-order valence-corrected chi connectivity index (χ1v) is 5.92. The van der Waals surface area contributed by atoms with Gasteiger partial charge in [-0.2, -0.15) is 0 Å². The van der Waals surface area contributed by atoms with Crippen LogP contribution in [0.4, 0.5) is 4.39 Å². The van der Waals surface area contributed by atoms with Gasteiger partial charge in [0.1, 0.15) is 5.82 Å². The predicted octanol–water partition coefficient (Wildman–Crippen LogP) is 4.58. The van der Waals surface area contributed by atoms with Crippen molar-refractivity contribution in [2.24, 2.45) is 0 Å². The molecule has 3 heteroatoms. The molecule has 0 heterocycles. The fourth-order valence-electron chi connectivity index (χ4n) is 1.89. The summed E-state index contributed by atoms with van der Waals surface area (Å²) < 4.78 is 13.3. The van der Waals surface area contributed by atoms with Crippen LogP contribution in [0.5, 0.6) is 0 Å². The van der Waals surface area contributed by atoms with Gasteiger partial charge in [-0.05, 0) is 60.4 Å². The van der Waals surface area contributed by atoms with Crippen LogP contribution in [0.3, 0.4) is 0 Å². The lowest BCUT2D eigenvalue weighted by atomic mass is 9.97. The Kier molecular flexibility index (Phi) is 3.48. The van der Waals surface area contributed by atoms with Crippen molar-refractivity contribution in [3.63, 3.8) is 0 Å². The maximum atomic E-state index is 13.3. The normalized spacial score (nSPS) is 10.4. The predicted molar refractivity (Wildman–Crippen MR) is 71.7 cm³/mol. The van der Waals surface area contributed by atoms with E-state index in [0.29, 0.717) is 11.3 Å². The van der Waals surface area contributed by atoms with Crippen LogP contribution in [0, 0.1) is 19.7 Å². The van der Waals surface area contributed by atoms with E-state index in [2.05, 4.69) is 0 Å². The van der Waals surface area contributed by atoms with Crippen molar-refractivity contribution in [3.05, 3.63) is 57.9 Å². The minimum absolute atomic E-state index is 0.0690. The van der Waals surface area contributed by atoms with Crippen LogP contribution in [-0.4, -0.2) is 6.29 Å². The molecule has 0 bridgehead atoms. The number of aldehydes is 1. The lowest BCUT2D eigenvalue weighted by Crippen LogP contribution is -1.91. The third-order valence-corrected chi connectivity index (χ3v) is 3.35. The van der Waals surface area contributed by atoms with E-state index in [4.69, 9.17) is 11.6 Å². The smallest absolute Gasteiger partial charge is 0.153 e. The first-order valence-electron chi connectivity index (χ1n) is 5.55. The van der Waals surface area contributed by atoms with Crippen molar-refractivity contribution >= 4 is 17.9 Å². The number of aryl methyl sites for hydroxylation is 2. The van der Waals surface area contributed by atoms with E-state index in [1.807, 2.05) is 26.0 Å². The van der Waals surface area contributed by atoms with Crippen LogP contribution in [0.15, 0.2) is 30.3 Å². The largest absolute Gasteiger partial charge is 0.298 e. The molecule has 0 saturated carbocycles. The van der Waals surface area contributed by atoms with Gasteiger partial charge in [-0.3, -0.25) is 4.79 Å². The molecule has 0 N–H and O–H groups in total. The van der Waals surface area contributed by atoms with E-state index < -0.39 is 5.82 Å². The molecule has 0 radical (unpaired) electrons. The SMILES string of the molecule is Cc1cc(-c2ccc(F)c(C=O)c2)c(C)cc1Cl. The summed E-state index contributed by atoms with van der Waals surface area (Å²) in [5, 5.41) is 0.703. The zero-order valence-electron chi connectivity index (χ0n) is 10.1. The maximum absolute atomic E-state index is 13.3. The van der Waals surface area contributed by atoms with Crippen molar-refractivity contribution in [3.8, 4) is 11.1 Å². The van der Waals surface area contributed by atoms with Gasteiger partial charge in [0.2, 0.25) is 0 Å². The van der Waals surface area contributed by atoms with Crippen LogP contribution in [0.1, 0.15) is 21.5 Å². The fraction of sp³-hybridized carbons (Fsp3) is 0.133. The molecule has 2 rings (SSSR count). The van der Waals surface area contributed by atoms with Gasteiger partial charge in [0, 0.05) is 5.02 Å². The molecule has 0 spiro atoms. The Morgan fingerprint density at radius 2 is 1.83 bits per heavy atom. The summed E-state index contributed by atoms with van der Waals surface area (Å²) in [6.45, 7) is 3.85. The monoisotopic (exact) mass is 262 g/mol. The van der Waals surface area contributed by atoms with Crippen LogP contribution in [0.25, 0.3) is 11.1 Å². The zero-order chi connectivity index (χ0) is 13.3. The second kappa shape index (κ2) is 4.91. The minimum atomic E-state index is -0.503. The maximum Gasteiger partial charge on any atom is 0.153 e. The molecule has 18 heavy (non-hydrogen) atoms. The Balaban J connectivity index is 2.62. The van der Waals surface area contributed by atoms with Crippen LogP contribution >= 0.6 is 11.6 Å². The number of carbonyl (C=O) groups is 1. The zero-order valence-corrected chi connectivity index (χ0v) is 10.9. The van der Waals surface area contributed by atoms with Gasteiger partial charge in [0.25, 0.3) is 0 Å². The Bertz CT molecular complexity index is 620. The fourth-order valence-corrected chi connectivity index (χ4v) is 2.11. The van der Waals surface area contributed by atoms with Gasteiger partial charge in [0.05, 0.1) is 5.56 Å². The van der Waals surface area contributed by atoms with Crippen LogP contribution in [-0.2, 0) is 0 Å². The molecule has 0 aromatic heterocycles. The average Bonchev–Trinajstić information content (AvgIpc) is 2.35. The Labute approximate surface area is 110 Å². The number of halogens is 2. The van der Waals surface area contributed by atoms with Crippen molar-refractivity contribution in [2.75, 3.05) is 0 Å². The molecular formula is C15H12ClFO. The third kappa shape index (κ3) is 2.29. The highest BCUT2D eigenvalue weighted by molar-refractivity contribution is 6.31. The number of benzene rings is 2. The van der Waals surface area contributed by atoms with E-state index in [1.54, 1.807) is 12.1 Å². The Hall–Kier alpha value is -1.67. The summed E-state index contributed by atoms with van der Waals surface area (Å²) in [5.74, 6) is -0.503. The number of hydrogen-bond acceptors (Lipinski definition) is 1. The summed E-state index contributed by atoms with van der Waals surface area (Å²) in [4.78, 5) is 10.8. The summed E-state index contributed by atoms with van der Waals surface area (Å²) in [6.07, 6.45) is 0.525. The van der Waals surface area contributed by atoms with Gasteiger partial charge in [0.15, 0.2) is 6.29 Å². The van der Waals surface area contributed by atoms with Crippen molar-refractivity contribution < 1.29 is 9.18 Å². The van der Waals surface area contributed by atoms with E-state index in [-0.39, 0.29) is 5.56 Å². The lowest BCUT2D eigenvalue weighted by Gasteiger charge is -2.10. The molecule has 0 aliphatic rings. The van der Waals surface area contributed by atoms with Crippen molar-refractivity contribution in [1.29, 1.82) is 0 Å². The quantitative estimate of drug-likeness (QED) is 0.724.